The van der Waals surface area contributed by atoms with E-state index in [0.29, 0.717) is 25.8 Å². The molecule has 1 N–H and O–H groups in total. The van der Waals surface area contributed by atoms with Crippen LogP contribution in [0.3, 0.4) is 0 Å². The summed E-state index contributed by atoms with van der Waals surface area (Å²) in [6.45, 7) is 11.3. The normalized spacial score (nSPS) is 12.8. The monoisotopic (exact) mass is 421 g/mol. The Labute approximate surface area is 179 Å². The second-order valence-corrected chi connectivity index (χ2v) is 9.48. The highest BCUT2D eigenvalue weighted by Gasteiger charge is 2.26. The molecule has 0 aliphatic rings. The molecule has 0 aromatic heterocycles. The number of amides is 1. The van der Waals surface area contributed by atoms with Crippen molar-refractivity contribution in [2.24, 2.45) is 5.92 Å². The van der Waals surface area contributed by atoms with E-state index >= 15 is 0 Å². The van der Waals surface area contributed by atoms with Crippen molar-refractivity contribution in [1.82, 2.24) is 4.90 Å². The molecule has 7 nitrogen and oxygen atoms in total. The molecule has 7 heteroatoms. The topological polar surface area (TPSA) is 93.1 Å². The molecule has 168 valence electrons. The van der Waals surface area contributed by atoms with E-state index in [0.717, 1.165) is 5.56 Å². The predicted octanol–water partition coefficient (Wildman–Crippen LogP) is 4.53. The van der Waals surface area contributed by atoms with E-state index in [1.807, 2.05) is 41.5 Å². The minimum atomic E-state index is -1.01. The van der Waals surface area contributed by atoms with E-state index in [-0.39, 0.29) is 11.5 Å². The van der Waals surface area contributed by atoms with Crippen molar-refractivity contribution in [2.75, 3.05) is 13.6 Å². The van der Waals surface area contributed by atoms with Crippen molar-refractivity contribution in [2.45, 2.75) is 72.0 Å². The van der Waals surface area contributed by atoms with E-state index in [1.54, 1.807) is 25.2 Å². The second kappa shape index (κ2) is 10.5. The van der Waals surface area contributed by atoms with Crippen molar-refractivity contribution in [3.63, 3.8) is 0 Å². The van der Waals surface area contributed by atoms with Crippen LogP contribution in [0.5, 0.6) is 0 Å². The van der Waals surface area contributed by atoms with E-state index in [4.69, 9.17) is 9.47 Å². The highest BCUT2D eigenvalue weighted by Crippen LogP contribution is 2.21. The third kappa shape index (κ3) is 9.76. The van der Waals surface area contributed by atoms with Gasteiger partial charge in [0.25, 0.3) is 0 Å². The first-order valence-electron chi connectivity index (χ1n) is 10.2. The molecule has 1 amide bonds. The molecule has 0 spiro atoms. The number of carboxylic acid groups (broad SMARTS) is 1. The quantitative estimate of drug-likeness (QED) is 0.620. The summed E-state index contributed by atoms with van der Waals surface area (Å²) < 4.78 is 10.9. The summed E-state index contributed by atoms with van der Waals surface area (Å²) in [5.41, 5.74) is -0.253. The van der Waals surface area contributed by atoms with E-state index in [9.17, 15) is 19.5 Å². The summed E-state index contributed by atoms with van der Waals surface area (Å²) >= 11 is 0. The molecular weight excluding hydrogens is 386 g/mol. The Morgan fingerprint density at radius 3 is 2.17 bits per heavy atom. The molecule has 0 aliphatic carbocycles. The summed E-state index contributed by atoms with van der Waals surface area (Å²) in [7, 11) is 1.66. The SMILES string of the molecule is CN(CCCC(Cc1cccc(C(=O)O)c1)C(=O)OC(C)(C)C)C(=O)OC(C)(C)C. The molecule has 0 saturated carbocycles. The van der Waals surface area contributed by atoms with Gasteiger partial charge in [-0.05, 0) is 78.5 Å². The van der Waals surface area contributed by atoms with Crippen LogP contribution in [-0.2, 0) is 20.7 Å². The number of benzene rings is 1. The summed E-state index contributed by atoms with van der Waals surface area (Å²) in [6.07, 6.45) is 1.04. The number of carbonyl (C=O) groups excluding carboxylic acids is 2. The van der Waals surface area contributed by atoms with Gasteiger partial charge >= 0.3 is 18.0 Å². The largest absolute Gasteiger partial charge is 0.478 e. The van der Waals surface area contributed by atoms with Crippen LogP contribution in [0, 0.1) is 5.92 Å². The number of ether oxygens (including phenoxy) is 2. The Hall–Kier alpha value is -2.57. The van der Waals surface area contributed by atoms with E-state index in [2.05, 4.69) is 0 Å². The van der Waals surface area contributed by atoms with Gasteiger partial charge in [0.2, 0.25) is 0 Å². The maximum atomic E-state index is 12.7. The number of carboxylic acids is 1. The van der Waals surface area contributed by atoms with Crippen LogP contribution in [0.15, 0.2) is 24.3 Å². The van der Waals surface area contributed by atoms with Crippen LogP contribution >= 0.6 is 0 Å². The van der Waals surface area contributed by atoms with Crippen LogP contribution in [0.4, 0.5) is 4.79 Å². The molecule has 1 rings (SSSR count). The van der Waals surface area contributed by atoms with Gasteiger partial charge in [0.1, 0.15) is 11.2 Å². The molecule has 0 aliphatic heterocycles. The number of carbonyl (C=O) groups is 3. The summed E-state index contributed by atoms with van der Waals surface area (Å²) in [5, 5.41) is 9.20. The highest BCUT2D eigenvalue weighted by molar-refractivity contribution is 5.87. The number of hydrogen-bond donors (Lipinski definition) is 1. The zero-order chi connectivity index (χ0) is 23.1. The first-order valence-corrected chi connectivity index (χ1v) is 10.2. The maximum absolute atomic E-state index is 12.7. The fraction of sp³-hybridized carbons (Fsp3) is 0.609. The Morgan fingerprint density at radius 2 is 1.63 bits per heavy atom. The number of esters is 1. The van der Waals surface area contributed by atoms with Crippen LogP contribution < -0.4 is 0 Å². The molecule has 1 unspecified atom stereocenters. The van der Waals surface area contributed by atoms with Gasteiger partial charge in [0.05, 0.1) is 11.5 Å². The minimum absolute atomic E-state index is 0.181. The summed E-state index contributed by atoms with van der Waals surface area (Å²) in [5.74, 6) is -1.78. The van der Waals surface area contributed by atoms with Gasteiger partial charge in [-0.25, -0.2) is 9.59 Å². The van der Waals surface area contributed by atoms with Gasteiger partial charge in [0.15, 0.2) is 0 Å². The number of rotatable bonds is 8. The summed E-state index contributed by atoms with van der Waals surface area (Å²) in [4.78, 5) is 37.6. The molecule has 1 atom stereocenters. The lowest BCUT2D eigenvalue weighted by molar-refractivity contribution is -0.160. The predicted molar refractivity (Wildman–Crippen MR) is 115 cm³/mol. The molecular formula is C23H35NO6. The molecule has 0 saturated heterocycles. The zero-order valence-electron chi connectivity index (χ0n) is 19.2. The van der Waals surface area contributed by atoms with Crippen molar-refractivity contribution in [3.8, 4) is 0 Å². The lowest BCUT2D eigenvalue weighted by Gasteiger charge is -2.26. The molecule has 1 aromatic carbocycles. The number of aromatic carboxylic acids is 1. The van der Waals surface area contributed by atoms with Gasteiger partial charge in [-0.2, -0.15) is 0 Å². The number of hydrogen-bond acceptors (Lipinski definition) is 5. The average Bonchev–Trinajstić information content (AvgIpc) is 2.57. The van der Waals surface area contributed by atoms with Crippen LogP contribution in [0.25, 0.3) is 0 Å². The fourth-order valence-corrected chi connectivity index (χ4v) is 2.81. The van der Waals surface area contributed by atoms with Crippen molar-refractivity contribution in [3.05, 3.63) is 35.4 Å². The molecule has 0 radical (unpaired) electrons. The standard InChI is InChI=1S/C23H35NO6/c1-22(2,3)29-20(27)18(15-16-10-8-11-17(14-16)19(25)26)12-9-13-24(7)21(28)30-23(4,5)6/h8,10-11,14,18H,9,12-13,15H2,1-7H3,(H,25,26). The zero-order valence-corrected chi connectivity index (χ0v) is 19.2. The Kier molecular flexibility index (Phi) is 8.88. The highest BCUT2D eigenvalue weighted by atomic mass is 16.6. The molecule has 30 heavy (non-hydrogen) atoms. The Bertz CT molecular complexity index is 745. The minimum Gasteiger partial charge on any atom is -0.478 e. The van der Waals surface area contributed by atoms with E-state index < -0.39 is 29.2 Å². The van der Waals surface area contributed by atoms with Crippen molar-refractivity contribution in [1.29, 1.82) is 0 Å². The van der Waals surface area contributed by atoms with Crippen molar-refractivity contribution < 1.29 is 29.0 Å². The molecule has 1 aromatic rings. The van der Waals surface area contributed by atoms with Crippen LogP contribution in [-0.4, -0.2) is 52.8 Å². The van der Waals surface area contributed by atoms with Gasteiger partial charge in [0, 0.05) is 13.6 Å². The Morgan fingerprint density at radius 1 is 1.03 bits per heavy atom. The Balaban J connectivity index is 2.82. The summed E-state index contributed by atoms with van der Waals surface area (Å²) in [6, 6.07) is 6.56. The van der Waals surface area contributed by atoms with Crippen LogP contribution in [0.2, 0.25) is 0 Å². The third-order valence-corrected chi connectivity index (χ3v) is 4.15. The molecule has 0 fully saturated rings. The first-order chi connectivity index (χ1) is 13.7. The van der Waals surface area contributed by atoms with Gasteiger partial charge in [-0.3, -0.25) is 4.79 Å². The smallest absolute Gasteiger partial charge is 0.410 e. The average molecular weight is 422 g/mol. The first kappa shape index (κ1) is 25.5. The van der Waals surface area contributed by atoms with Crippen LogP contribution in [0.1, 0.15) is 70.3 Å². The molecule has 0 bridgehead atoms. The van der Waals surface area contributed by atoms with Crippen molar-refractivity contribution >= 4 is 18.0 Å². The fourth-order valence-electron chi connectivity index (χ4n) is 2.81. The van der Waals surface area contributed by atoms with Gasteiger partial charge in [-0.15, -0.1) is 0 Å². The van der Waals surface area contributed by atoms with Gasteiger partial charge < -0.3 is 19.5 Å². The van der Waals surface area contributed by atoms with E-state index in [1.165, 1.54) is 11.0 Å². The third-order valence-electron chi connectivity index (χ3n) is 4.15. The lowest BCUT2D eigenvalue weighted by atomic mass is 9.93. The second-order valence-electron chi connectivity index (χ2n) is 9.48. The lowest BCUT2D eigenvalue weighted by Crippen LogP contribution is -2.35. The maximum Gasteiger partial charge on any atom is 0.410 e. The number of nitrogens with zero attached hydrogens (tertiary/aromatic N) is 1. The molecule has 0 heterocycles. The van der Waals surface area contributed by atoms with Gasteiger partial charge in [-0.1, -0.05) is 12.1 Å².